The first kappa shape index (κ1) is 12.3. The molecule has 2 rings (SSSR count). The van der Waals surface area contributed by atoms with Crippen molar-refractivity contribution in [2.24, 2.45) is 0 Å². The number of aryl methyl sites for hydroxylation is 2. The lowest BCUT2D eigenvalue weighted by atomic mass is 10.4. The molecule has 0 unspecified atom stereocenters. The van der Waals surface area contributed by atoms with Crippen LogP contribution in [0.4, 0.5) is 0 Å². The molecule has 17 heavy (non-hydrogen) atoms. The summed E-state index contributed by atoms with van der Waals surface area (Å²) in [7, 11) is 0. The first-order valence-electron chi connectivity index (χ1n) is 6.05. The van der Waals surface area contributed by atoms with Gasteiger partial charge >= 0.3 is 0 Å². The largest absolute Gasteiger partial charge is 0.351 e. The molecule has 0 spiro atoms. The molecule has 0 aliphatic rings. The fourth-order valence-corrected chi connectivity index (χ4v) is 2.62. The number of aromatic nitrogens is 2. The number of rotatable bonds is 6. The average molecular weight is 249 g/mol. The Hall–Kier alpha value is -1.13. The maximum absolute atomic E-state index is 4.45. The fourth-order valence-electron chi connectivity index (χ4n) is 1.85. The fraction of sp³-hybridized carbons (Fsp3) is 0.462. The monoisotopic (exact) mass is 249 g/mol. The van der Waals surface area contributed by atoms with Crippen molar-refractivity contribution >= 4 is 11.3 Å². The molecule has 2 heterocycles. The number of hydrogen-bond acceptors (Lipinski definition) is 3. The van der Waals surface area contributed by atoms with Crippen LogP contribution in [0.3, 0.4) is 0 Å². The van der Waals surface area contributed by atoms with Crippen LogP contribution in [0.15, 0.2) is 23.7 Å². The molecule has 0 bridgehead atoms. The maximum atomic E-state index is 4.45. The molecule has 1 N–H and O–H groups in total. The third-order valence-electron chi connectivity index (χ3n) is 2.75. The highest BCUT2D eigenvalue weighted by molar-refractivity contribution is 7.09. The molecule has 92 valence electrons. The Morgan fingerprint density at radius 1 is 1.47 bits per heavy atom. The molecule has 3 nitrogen and oxygen atoms in total. The van der Waals surface area contributed by atoms with E-state index in [1.165, 1.54) is 10.7 Å². The summed E-state index contributed by atoms with van der Waals surface area (Å²) < 4.78 is 2.26. The van der Waals surface area contributed by atoms with Crippen molar-refractivity contribution < 1.29 is 0 Å². The SMILES string of the molecule is CCn1cccc1CNCCc1nc(C)cs1. The van der Waals surface area contributed by atoms with Gasteiger partial charge in [0.1, 0.15) is 0 Å². The Bertz CT molecular complexity index is 459. The van der Waals surface area contributed by atoms with Gasteiger partial charge in [-0.2, -0.15) is 0 Å². The van der Waals surface area contributed by atoms with Crippen LogP contribution in [-0.2, 0) is 19.5 Å². The van der Waals surface area contributed by atoms with E-state index in [1.807, 2.05) is 6.92 Å². The standard InChI is InChI=1S/C13H19N3S/c1-3-16-8-4-5-12(16)9-14-7-6-13-15-11(2)10-17-13/h4-5,8,10,14H,3,6-7,9H2,1-2H3. The highest BCUT2D eigenvalue weighted by Gasteiger charge is 2.00. The van der Waals surface area contributed by atoms with E-state index in [0.717, 1.165) is 31.7 Å². The predicted octanol–water partition coefficient (Wildman–Crippen LogP) is 2.61. The number of thiazole rings is 1. The quantitative estimate of drug-likeness (QED) is 0.798. The van der Waals surface area contributed by atoms with Gasteiger partial charge in [-0.05, 0) is 26.0 Å². The van der Waals surface area contributed by atoms with E-state index >= 15 is 0 Å². The van der Waals surface area contributed by atoms with Gasteiger partial charge in [-0.3, -0.25) is 0 Å². The minimum Gasteiger partial charge on any atom is -0.351 e. The van der Waals surface area contributed by atoms with Gasteiger partial charge in [0.15, 0.2) is 0 Å². The van der Waals surface area contributed by atoms with E-state index in [9.17, 15) is 0 Å². The molecule has 0 saturated heterocycles. The average Bonchev–Trinajstić information content (AvgIpc) is 2.93. The second-order valence-corrected chi connectivity index (χ2v) is 5.04. The van der Waals surface area contributed by atoms with E-state index < -0.39 is 0 Å². The smallest absolute Gasteiger partial charge is 0.0940 e. The van der Waals surface area contributed by atoms with Crippen molar-refractivity contribution in [3.63, 3.8) is 0 Å². The van der Waals surface area contributed by atoms with Crippen LogP contribution in [0.1, 0.15) is 23.3 Å². The lowest BCUT2D eigenvalue weighted by molar-refractivity contribution is 0.627. The molecular weight excluding hydrogens is 230 g/mol. The molecule has 0 saturated carbocycles. The van der Waals surface area contributed by atoms with Crippen molar-refractivity contribution in [1.29, 1.82) is 0 Å². The zero-order chi connectivity index (χ0) is 12.1. The molecule has 2 aromatic heterocycles. The van der Waals surface area contributed by atoms with Gasteiger partial charge in [-0.1, -0.05) is 0 Å². The van der Waals surface area contributed by atoms with Crippen molar-refractivity contribution in [3.05, 3.63) is 40.1 Å². The Morgan fingerprint density at radius 2 is 2.35 bits per heavy atom. The Labute approximate surface area is 107 Å². The van der Waals surface area contributed by atoms with Crippen LogP contribution in [-0.4, -0.2) is 16.1 Å². The summed E-state index contributed by atoms with van der Waals surface area (Å²) in [6, 6.07) is 4.27. The van der Waals surface area contributed by atoms with Crippen LogP contribution < -0.4 is 5.32 Å². The van der Waals surface area contributed by atoms with Gasteiger partial charge in [-0.25, -0.2) is 4.98 Å². The Balaban J connectivity index is 1.73. The summed E-state index contributed by atoms with van der Waals surface area (Å²) in [5, 5.41) is 6.80. The van der Waals surface area contributed by atoms with Crippen molar-refractivity contribution in [1.82, 2.24) is 14.9 Å². The third kappa shape index (κ3) is 3.41. The molecule has 0 atom stereocenters. The summed E-state index contributed by atoms with van der Waals surface area (Å²) in [6.07, 6.45) is 3.15. The normalized spacial score (nSPS) is 10.9. The minimum absolute atomic E-state index is 0.936. The lowest BCUT2D eigenvalue weighted by Gasteiger charge is -2.07. The molecule has 2 aromatic rings. The molecule has 0 aliphatic carbocycles. The maximum Gasteiger partial charge on any atom is 0.0940 e. The highest BCUT2D eigenvalue weighted by Crippen LogP contribution is 2.08. The van der Waals surface area contributed by atoms with E-state index in [0.29, 0.717) is 0 Å². The Kier molecular flexibility index (Phi) is 4.34. The molecule has 0 aromatic carbocycles. The van der Waals surface area contributed by atoms with Gasteiger partial charge in [0.25, 0.3) is 0 Å². The van der Waals surface area contributed by atoms with Crippen molar-refractivity contribution in [3.8, 4) is 0 Å². The van der Waals surface area contributed by atoms with Crippen molar-refractivity contribution in [2.45, 2.75) is 33.4 Å². The molecular formula is C13H19N3S. The van der Waals surface area contributed by atoms with Gasteiger partial charge < -0.3 is 9.88 Å². The molecule has 0 amide bonds. The van der Waals surface area contributed by atoms with Crippen LogP contribution >= 0.6 is 11.3 Å². The van der Waals surface area contributed by atoms with E-state index in [2.05, 4.69) is 45.5 Å². The van der Waals surface area contributed by atoms with Crippen LogP contribution in [0.5, 0.6) is 0 Å². The summed E-state index contributed by atoms with van der Waals surface area (Å²) in [5.74, 6) is 0. The molecule has 0 aliphatic heterocycles. The predicted molar refractivity (Wildman–Crippen MR) is 72.4 cm³/mol. The first-order chi connectivity index (χ1) is 8.29. The number of hydrogen-bond donors (Lipinski definition) is 1. The minimum atomic E-state index is 0.936. The lowest BCUT2D eigenvalue weighted by Crippen LogP contribution is -2.18. The van der Waals surface area contributed by atoms with E-state index in [1.54, 1.807) is 11.3 Å². The topological polar surface area (TPSA) is 29.9 Å². The summed E-state index contributed by atoms with van der Waals surface area (Å²) in [6.45, 7) is 7.17. The molecule has 0 radical (unpaired) electrons. The summed E-state index contributed by atoms with van der Waals surface area (Å²) in [4.78, 5) is 4.45. The second-order valence-electron chi connectivity index (χ2n) is 4.09. The summed E-state index contributed by atoms with van der Waals surface area (Å²) in [5.41, 5.74) is 2.48. The second kappa shape index (κ2) is 5.98. The Morgan fingerprint density at radius 3 is 3.06 bits per heavy atom. The number of nitrogens with zero attached hydrogens (tertiary/aromatic N) is 2. The van der Waals surface area contributed by atoms with Gasteiger partial charge in [-0.15, -0.1) is 11.3 Å². The first-order valence-corrected chi connectivity index (χ1v) is 6.93. The van der Waals surface area contributed by atoms with Gasteiger partial charge in [0.05, 0.1) is 5.01 Å². The van der Waals surface area contributed by atoms with Gasteiger partial charge in [0, 0.05) is 49.0 Å². The van der Waals surface area contributed by atoms with Gasteiger partial charge in [0.2, 0.25) is 0 Å². The van der Waals surface area contributed by atoms with Crippen LogP contribution in [0.25, 0.3) is 0 Å². The highest BCUT2D eigenvalue weighted by atomic mass is 32.1. The van der Waals surface area contributed by atoms with E-state index in [4.69, 9.17) is 0 Å². The van der Waals surface area contributed by atoms with Crippen LogP contribution in [0, 0.1) is 6.92 Å². The van der Waals surface area contributed by atoms with Crippen LogP contribution in [0.2, 0.25) is 0 Å². The third-order valence-corrected chi connectivity index (χ3v) is 3.78. The van der Waals surface area contributed by atoms with Crippen molar-refractivity contribution in [2.75, 3.05) is 6.54 Å². The molecule has 4 heteroatoms. The summed E-state index contributed by atoms with van der Waals surface area (Å²) >= 11 is 1.75. The van der Waals surface area contributed by atoms with E-state index in [-0.39, 0.29) is 0 Å². The zero-order valence-corrected chi connectivity index (χ0v) is 11.3. The number of nitrogens with one attached hydrogen (secondary N) is 1. The molecule has 0 fully saturated rings. The zero-order valence-electron chi connectivity index (χ0n) is 10.4.